The molecule has 1 atom stereocenters. The molecule has 5 nitrogen and oxygen atoms in total. The van der Waals surface area contributed by atoms with Crippen LogP contribution in [0.4, 0.5) is 5.69 Å². The Kier molecular flexibility index (Phi) is 5.02. The summed E-state index contributed by atoms with van der Waals surface area (Å²) in [7, 11) is 1.70. The molecule has 0 saturated carbocycles. The van der Waals surface area contributed by atoms with Gasteiger partial charge in [0.2, 0.25) is 0 Å². The van der Waals surface area contributed by atoms with Crippen molar-refractivity contribution in [1.29, 1.82) is 0 Å². The quantitative estimate of drug-likeness (QED) is 0.904. The fraction of sp³-hybridized carbons (Fsp3) is 0.450. The summed E-state index contributed by atoms with van der Waals surface area (Å²) in [4.78, 5) is 14.8. The molecule has 3 rings (SSSR count). The van der Waals surface area contributed by atoms with E-state index in [9.17, 15) is 4.79 Å². The molecular weight excluding hydrogens is 316 g/mol. The topological polar surface area (TPSA) is 54.7 Å². The smallest absolute Gasteiger partial charge is 0.255 e. The first kappa shape index (κ1) is 17.4. The highest BCUT2D eigenvalue weighted by Gasteiger charge is 2.26. The lowest BCUT2D eigenvalue weighted by Crippen LogP contribution is -2.31. The summed E-state index contributed by atoms with van der Waals surface area (Å²) in [5, 5.41) is 3.08. The highest BCUT2D eigenvalue weighted by molar-refractivity contribution is 5.96. The minimum atomic E-state index is -0.0393. The number of nitrogens with one attached hydrogen (secondary N) is 1. The Morgan fingerprint density at radius 1 is 1.28 bits per heavy atom. The van der Waals surface area contributed by atoms with Gasteiger partial charge in [0, 0.05) is 25.2 Å². The molecule has 1 amide bonds. The number of benzene rings is 1. The maximum absolute atomic E-state index is 12.5. The maximum Gasteiger partial charge on any atom is 0.255 e. The van der Waals surface area contributed by atoms with E-state index in [0.717, 1.165) is 42.3 Å². The Labute approximate surface area is 149 Å². The van der Waals surface area contributed by atoms with Crippen molar-refractivity contribution in [3.63, 3.8) is 0 Å². The number of carbonyl (C=O) groups is 1. The van der Waals surface area contributed by atoms with E-state index in [1.54, 1.807) is 7.11 Å². The van der Waals surface area contributed by atoms with Gasteiger partial charge < -0.3 is 19.4 Å². The number of furan rings is 1. The van der Waals surface area contributed by atoms with Crippen molar-refractivity contribution in [3.05, 3.63) is 46.9 Å². The maximum atomic E-state index is 12.5. The first-order valence-corrected chi connectivity index (χ1v) is 8.74. The van der Waals surface area contributed by atoms with Crippen molar-refractivity contribution in [3.8, 4) is 5.75 Å². The molecule has 5 heteroatoms. The molecule has 25 heavy (non-hydrogen) atoms. The lowest BCUT2D eigenvalue weighted by molar-refractivity contribution is 0.0946. The number of para-hydroxylation sites is 2. The summed E-state index contributed by atoms with van der Waals surface area (Å²) >= 11 is 0. The number of aryl methyl sites for hydroxylation is 2. The summed E-state index contributed by atoms with van der Waals surface area (Å²) in [6, 6.07) is 8.07. The SMILES string of the molecule is COc1ccccc1N1CC[C@H](CNC(=O)c2c(C)oc(C)c2C)C1. The molecule has 1 aliphatic rings. The minimum Gasteiger partial charge on any atom is -0.495 e. The number of methoxy groups -OCH3 is 1. The summed E-state index contributed by atoms with van der Waals surface area (Å²) in [6.45, 7) is 8.23. The summed E-state index contributed by atoms with van der Waals surface area (Å²) in [5.41, 5.74) is 2.73. The predicted octanol–water partition coefficient (Wildman–Crippen LogP) is 3.47. The first-order chi connectivity index (χ1) is 12.0. The fourth-order valence-electron chi connectivity index (χ4n) is 3.56. The van der Waals surface area contributed by atoms with E-state index in [-0.39, 0.29) is 5.91 Å². The monoisotopic (exact) mass is 342 g/mol. The number of carbonyl (C=O) groups excluding carboxylic acids is 1. The molecule has 0 aliphatic carbocycles. The highest BCUT2D eigenvalue weighted by atomic mass is 16.5. The number of hydrogen-bond donors (Lipinski definition) is 1. The second kappa shape index (κ2) is 7.21. The molecule has 0 bridgehead atoms. The zero-order chi connectivity index (χ0) is 18.0. The second-order valence-electron chi connectivity index (χ2n) is 6.70. The second-order valence-corrected chi connectivity index (χ2v) is 6.70. The molecule has 1 N–H and O–H groups in total. The van der Waals surface area contributed by atoms with Crippen molar-refractivity contribution in [1.82, 2.24) is 5.32 Å². The van der Waals surface area contributed by atoms with Crippen LogP contribution in [0.2, 0.25) is 0 Å². The van der Waals surface area contributed by atoms with Gasteiger partial charge in [0.15, 0.2) is 0 Å². The molecule has 2 aromatic rings. The van der Waals surface area contributed by atoms with Crippen LogP contribution in [0.15, 0.2) is 28.7 Å². The Bertz CT molecular complexity index is 766. The van der Waals surface area contributed by atoms with E-state index < -0.39 is 0 Å². The van der Waals surface area contributed by atoms with Gasteiger partial charge in [-0.15, -0.1) is 0 Å². The standard InChI is InChI=1S/C20H26N2O3/c1-13-14(2)25-15(3)19(13)20(23)21-11-16-9-10-22(12-16)17-7-5-6-8-18(17)24-4/h5-8,16H,9-12H2,1-4H3,(H,21,23)/t16-/m1/s1. The van der Waals surface area contributed by atoms with Gasteiger partial charge in [-0.25, -0.2) is 0 Å². The van der Waals surface area contributed by atoms with Crippen LogP contribution in [0.1, 0.15) is 33.9 Å². The molecule has 1 aliphatic heterocycles. The zero-order valence-corrected chi connectivity index (χ0v) is 15.4. The lowest BCUT2D eigenvalue weighted by Gasteiger charge is -2.21. The van der Waals surface area contributed by atoms with Crippen molar-refractivity contribution < 1.29 is 13.9 Å². The largest absolute Gasteiger partial charge is 0.495 e. The number of anilines is 1. The van der Waals surface area contributed by atoms with Crippen LogP contribution < -0.4 is 15.0 Å². The normalized spacial score (nSPS) is 17.0. The third kappa shape index (κ3) is 3.50. The number of nitrogens with zero attached hydrogens (tertiary/aromatic N) is 1. The molecule has 1 fully saturated rings. The van der Waals surface area contributed by atoms with Gasteiger partial charge in [0.1, 0.15) is 17.3 Å². The molecule has 1 saturated heterocycles. The van der Waals surface area contributed by atoms with Crippen molar-refractivity contribution in [2.24, 2.45) is 5.92 Å². The van der Waals surface area contributed by atoms with Crippen LogP contribution in [-0.2, 0) is 0 Å². The lowest BCUT2D eigenvalue weighted by atomic mass is 10.1. The van der Waals surface area contributed by atoms with Gasteiger partial charge in [-0.3, -0.25) is 4.79 Å². The van der Waals surface area contributed by atoms with Gasteiger partial charge in [0.05, 0.1) is 18.4 Å². The number of amides is 1. The molecule has 134 valence electrons. The summed E-state index contributed by atoms with van der Waals surface area (Å²) in [5.74, 6) is 2.79. The Balaban J connectivity index is 1.59. The number of ether oxygens (including phenoxy) is 1. The Hall–Kier alpha value is -2.43. The van der Waals surface area contributed by atoms with Gasteiger partial charge in [-0.2, -0.15) is 0 Å². The van der Waals surface area contributed by atoms with Crippen LogP contribution in [0, 0.1) is 26.7 Å². The van der Waals surface area contributed by atoms with E-state index in [1.165, 1.54) is 0 Å². The number of rotatable bonds is 5. The average Bonchev–Trinajstić information content (AvgIpc) is 3.17. The zero-order valence-electron chi connectivity index (χ0n) is 15.4. The van der Waals surface area contributed by atoms with Crippen LogP contribution >= 0.6 is 0 Å². The van der Waals surface area contributed by atoms with E-state index in [2.05, 4.69) is 16.3 Å². The highest BCUT2D eigenvalue weighted by Crippen LogP contribution is 2.31. The minimum absolute atomic E-state index is 0.0393. The summed E-state index contributed by atoms with van der Waals surface area (Å²) in [6.07, 6.45) is 1.06. The van der Waals surface area contributed by atoms with Crippen molar-refractivity contribution in [2.45, 2.75) is 27.2 Å². The van der Waals surface area contributed by atoms with Crippen LogP contribution in [0.5, 0.6) is 5.75 Å². The van der Waals surface area contributed by atoms with Crippen molar-refractivity contribution >= 4 is 11.6 Å². The third-order valence-corrected chi connectivity index (χ3v) is 5.05. The molecule has 0 unspecified atom stereocenters. The molecular formula is C20H26N2O3. The fourth-order valence-corrected chi connectivity index (χ4v) is 3.56. The average molecular weight is 342 g/mol. The van der Waals surface area contributed by atoms with Gasteiger partial charge in [0.25, 0.3) is 5.91 Å². The van der Waals surface area contributed by atoms with Crippen LogP contribution in [0.3, 0.4) is 0 Å². The molecule has 2 heterocycles. The van der Waals surface area contributed by atoms with Gasteiger partial charge >= 0.3 is 0 Å². The molecule has 1 aromatic carbocycles. The van der Waals surface area contributed by atoms with E-state index >= 15 is 0 Å². The molecule has 0 radical (unpaired) electrons. The predicted molar refractivity (Wildman–Crippen MR) is 98.6 cm³/mol. The Morgan fingerprint density at radius 3 is 2.72 bits per heavy atom. The Morgan fingerprint density at radius 2 is 2.04 bits per heavy atom. The molecule has 1 aromatic heterocycles. The molecule has 0 spiro atoms. The first-order valence-electron chi connectivity index (χ1n) is 8.74. The third-order valence-electron chi connectivity index (χ3n) is 5.05. The van der Waals surface area contributed by atoms with Crippen LogP contribution in [-0.4, -0.2) is 32.7 Å². The van der Waals surface area contributed by atoms with Gasteiger partial charge in [-0.05, 0) is 45.2 Å². The van der Waals surface area contributed by atoms with Crippen LogP contribution in [0.25, 0.3) is 0 Å². The summed E-state index contributed by atoms with van der Waals surface area (Å²) < 4.78 is 11.0. The van der Waals surface area contributed by atoms with E-state index in [4.69, 9.17) is 9.15 Å². The van der Waals surface area contributed by atoms with Gasteiger partial charge in [-0.1, -0.05) is 12.1 Å². The number of hydrogen-bond acceptors (Lipinski definition) is 4. The van der Waals surface area contributed by atoms with Crippen molar-refractivity contribution in [2.75, 3.05) is 31.6 Å². The van der Waals surface area contributed by atoms with E-state index in [0.29, 0.717) is 23.8 Å². The van der Waals surface area contributed by atoms with E-state index in [1.807, 2.05) is 39.0 Å².